The summed E-state index contributed by atoms with van der Waals surface area (Å²) in [6.45, 7) is 4.31. The predicted octanol–water partition coefficient (Wildman–Crippen LogP) is 0.952. The van der Waals surface area contributed by atoms with Gasteiger partial charge in [0.25, 0.3) is 5.91 Å². The molecule has 1 aromatic heterocycles. The number of piperidine rings is 1. The molecule has 1 unspecified atom stereocenters. The Morgan fingerprint density at radius 1 is 1.17 bits per heavy atom. The summed E-state index contributed by atoms with van der Waals surface area (Å²) in [7, 11) is 0. The first-order valence-corrected chi connectivity index (χ1v) is 8.58. The monoisotopic (exact) mass is 317 g/mol. The van der Waals surface area contributed by atoms with E-state index < -0.39 is 0 Å². The van der Waals surface area contributed by atoms with Crippen LogP contribution in [0.3, 0.4) is 0 Å². The van der Waals surface area contributed by atoms with E-state index in [2.05, 4.69) is 5.32 Å². The molecule has 1 N–H and O–H groups in total. The molecule has 3 saturated heterocycles. The predicted molar refractivity (Wildman–Crippen MR) is 83.8 cm³/mol. The molecular formula is C17H23N3O3. The zero-order chi connectivity index (χ0) is 15.8. The highest BCUT2D eigenvalue weighted by Gasteiger charge is 2.42. The summed E-state index contributed by atoms with van der Waals surface area (Å²) < 4.78 is 5.24. The Labute approximate surface area is 135 Å². The summed E-state index contributed by atoms with van der Waals surface area (Å²) in [6.07, 6.45) is 4.21. The third-order valence-electron chi connectivity index (χ3n) is 5.48. The van der Waals surface area contributed by atoms with Crippen molar-refractivity contribution in [1.82, 2.24) is 15.1 Å². The van der Waals surface area contributed by atoms with E-state index in [0.29, 0.717) is 24.1 Å². The molecule has 0 saturated carbocycles. The smallest absolute Gasteiger partial charge is 0.290 e. The summed E-state index contributed by atoms with van der Waals surface area (Å²) in [5.74, 6) is 1.45. The minimum absolute atomic E-state index is 0.124. The van der Waals surface area contributed by atoms with Crippen LogP contribution in [-0.4, -0.2) is 60.4 Å². The van der Waals surface area contributed by atoms with E-state index >= 15 is 0 Å². The first kappa shape index (κ1) is 14.8. The number of amides is 2. The van der Waals surface area contributed by atoms with Crippen LogP contribution < -0.4 is 5.32 Å². The average molecular weight is 317 g/mol. The van der Waals surface area contributed by atoms with Crippen molar-refractivity contribution >= 4 is 11.8 Å². The first-order chi connectivity index (χ1) is 11.2. The van der Waals surface area contributed by atoms with E-state index in [4.69, 9.17) is 4.42 Å². The molecule has 23 heavy (non-hydrogen) atoms. The molecular weight excluding hydrogens is 294 g/mol. The second-order valence-electron chi connectivity index (χ2n) is 6.91. The molecule has 3 fully saturated rings. The number of hydrogen-bond acceptors (Lipinski definition) is 4. The number of furan rings is 1. The van der Waals surface area contributed by atoms with E-state index in [0.717, 1.165) is 45.4 Å². The summed E-state index contributed by atoms with van der Waals surface area (Å²) in [4.78, 5) is 29.3. The largest absolute Gasteiger partial charge is 0.459 e. The molecule has 3 aliphatic rings. The van der Waals surface area contributed by atoms with Crippen LogP contribution in [0.2, 0.25) is 0 Å². The van der Waals surface area contributed by atoms with Crippen molar-refractivity contribution in [2.45, 2.75) is 25.3 Å². The van der Waals surface area contributed by atoms with Crippen LogP contribution in [0.5, 0.6) is 0 Å². The van der Waals surface area contributed by atoms with Crippen LogP contribution in [-0.2, 0) is 4.79 Å². The van der Waals surface area contributed by atoms with Gasteiger partial charge < -0.3 is 19.5 Å². The lowest BCUT2D eigenvalue weighted by atomic mass is 10.0. The standard InChI is InChI=1S/C17H23N3O3/c21-16(19-10-12-8-18-9-13(12)11-19)14-4-1-2-6-20(14)17(22)15-5-3-7-23-15/h3,5,7,12-14,18H,1-2,4,6,8-11H2/t12-,13+,14?. The molecule has 6 heteroatoms. The summed E-state index contributed by atoms with van der Waals surface area (Å²) in [5.41, 5.74) is 0. The number of likely N-dealkylation sites (tertiary alicyclic amines) is 2. The number of rotatable bonds is 2. The van der Waals surface area contributed by atoms with Gasteiger partial charge in [-0.05, 0) is 43.2 Å². The van der Waals surface area contributed by atoms with E-state index in [9.17, 15) is 9.59 Å². The van der Waals surface area contributed by atoms with E-state index in [1.807, 2.05) is 4.90 Å². The van der Waals surface area contributed by atoms with Gasteiger partial charge in [-0.3, -0.25) is 9.59 Å². The lowest BCUT2D eigenvalue weighted by Crippen LogP contribution is -2.53. The third kappa shape index (κ3) is 2.65. The van der Waals surface area contributed by atoms with Crippen molar-refractivity contribution < 1.29 is 14.0 Å². The molecule has 0 radical (unpaired) electrons. The molecule has 4 rings (SSSR count). The molecule has 0 bridgehead atoms. The highest BCUT2D eigenvalue weighted by molar-refractivity contribution is 5.95. The lowest BCUT2D eigenvalue weighted by molar-refractivity contribution is -0.136. The topological polar surface area (TPSA) is 65.8 Å². The van der Waals surface area contributed by atoms with Gasteiger partial charge in [0.2, 0.25) is 5.91 Å². The second kappa shape index (κ2) is 6.00. The minimum atomic E-state index is -0.326. The van der Waals surface area contributed by atoms with E-state index in [1.54, 1.807) is 17.0 Å². The number of hydrogen-bond donors (Lipinski definition) is 1. The highest BCUT2D eigenvalue weighted by atomic mass is 16.3. The summed E-state index contributed by atoms with van der Waals surface area (Å²) >= 11 is 0. The Balaban J connectivity index is 1.49. The maximum Gasteiger partial charge on any atom is 0.290 e. The number of nitrogens with one attached hydrogen (secondary N) is 1. The zero-order valence-electron chi connectivity index (χ0n) is 13.2. The van der Waals surface area contributed by atoms with Crippen molar-refractivity contribution in [2.75, 3.05) is 32.7 Å². The highest BCUT2D eigenvalue weighted by Crippen LogP contribution is 2.29. The number of fused-ring (bicyclic) bond motifs is 1. The van der Waals surface area contributed by atoms with Crippen LogP contribution in [0.15, 0.2) is 22.8 Å². The molecule has 0 spiro atoms. The van der Waals surface area contributed by atoms with Gasteiger partial charge in [-0.25, -0.2) is 0 Å². The molecule has 3 atom stereocenters. The fourth-order valence-corrected chi connectivity index (χ4v) is 4.22. The maximum atomic E-state index is 13.0. The van der Waals surface area contributed by atoms with Gasteiger partial charge in [0.1, 0.15) is 6.04 Å². The van der Waals surface area contributed by atoms with Crippen LogP contribution in [0.1, 0.15) is 29.8 Å². The maximum absolute atomic E-state index is 13.0. The van der Waals surface area contributed by atoms with Gasteiger partial charge in [0, 0.05) is 32.7 Å². The summed E-state index contributed by atoms with van der Waals surface area (Å²) in [6, 6.07) is 3.06. The van der Waals surface area contributed by atoms with Crippen LogP contribution >= 0.6 is 0 Å². The summed E-state index contributed by atoms with van der Waals surface area (Å²) in [5, 5.41) is 3.39. The third-order valence-corrected chi connectivity index (χ3v) is 5.48. The zero-order valence-corrected chi connectivity index (χ0v) is 13.2. The van der Waals surface area contributed by atoms with Gasteiger partial charge in [-0.1, -0.05) is 0 Å². The van der Waals surface area contributed by atoms with E-state index in [-0.39, 0.29) is 17.9 Å². The molecule has 6 nitrogen and oxygen atoms in total. The van der Waals surface area contributed by atoms with Crippen LogP contribution in [0.4, 0.5) is 0 Å². The second-order valence-corrected chi connectivity index (χ2v) is 6.91. The number of nitrogens with zero attached hydrogens (tertiary/aromatic N) is 2. The molecule has 124 valence electrons. The van der Waals surface area contributed by atoms with Crippen LogP contribution in [0.25, 0.3) is 0 Å². The van der Waals surface area contributed by atoms with Gasteiger partial charge in [0.15, 0.2) is 5.76 Å². The van der Waals surface area contributed by atoms with Crippen molar-refractivity contribution in [2.24, 2.45) is 11.8 Å². The molecule has 2 amide bonds. The Kier molecular flexibility index (Phi) is 3.85. The fraction of sp³-hybridized carbons (Fsp3) is 0.647. The molecule has 4 heterocycles. The molecule has 1 aromatic rings. The van der Waals surface area contributed by atoms with Crippen molar-refractivity contribution in [3.63, 3.8) is 0 Å². The van der Waals surface area contributed by atoms with E-state index in [1.165, 1.54) is 6.26 Å². The van der Waals surface area contributed by atoms with Crippen molar-refractivity contribution in [3.8, 4) is 0 Å². The minimum Gasteiger partial charge on any atom is -0.459 e. The Bertz CT molecular complexity index is 574. The van der Waals surface area contributed by atoms with Crippen molar-refractivity contribution in [1.29, 1.82) is 0 Å². The fourth-order valence-electron chi connectivity index (χ4n) is 4.22. The average Bonchev–Trinajstić information content (AvgIpc) is 3.29. The van der Waals surface area contributed by atoms with Gasteiger partial charge in [0.05, 0.1) is 6.26 Å². The van der Waals surface area contributed by atoms with Gasteiger partial charge in [-0.15, -0.1) is 0 Å². The lowest BCUT2D eigenvalue weighted by Gasteiger charge is -2.36. The molecule has 3 aliphatic heterocycles. The van der Waals surface area contributed by atoms with Gasteiger partial charge >= 0.3 is 0 Å². The van der Waals surface area contributed by atoms with Crippen LogP contribution in [0, 0.1) is 11.8 Å². The van der Waals surface area contributed by atoms with Gasteiger partial charge in [-0.2, -0.15) is 0 Å². The quantitative estimate of drug-likeness (QED) is 0.882. The Morgan fingerprint density at radius 3 is 2.65 bits per heavy atom. The normalized spacial score (nSPS) is 30.5. The molecule has 0 aliphatic carbocycles. The number of carbonyl (C=O) groups excluding carboxylic acids is 2. The number of carbonyl (C=O) groups is 2. The Morgan fingerprint density at radius 2 is 1.96 bits per heavy atom. The first-order valence-electron chi connectivity index (χ1n) is 8.58. The Hall–Kier alpha value is -1.82. The molecule has 0 aromatic carbocycles. The SMILES string of the molecule is O=C(C1CCCCN1C(=O)c1ccco1)N1C[C@H]2CNC[C@H]2C1. The van der Waals surface area contributed by atoms with Crippen molar-refractivity contribution in [3.05, 3.63) is 24.2 Å².